The first kappa shape index (κ1) is 16.4. The molecule has 1 aromatic carbocycles. The zero-order chi connectivity index (χ0) is 13.5. The number of halogens is 2. The van der Waals surface area contributed by atoms with Crippen molar-refractivity contribution in [1.29, 1.82) is 0 Å². The summed E-state index contributed by atoms with van der Waals surface area (Å²) in [5, 5.41) is 0. The lowest BCUT2D eigenvalue weighted by Gasteiger charge is -2.00. The Morgan fingerprint density at radius 2 is 2.06 bits per heavy atom. The van der Waals surface area contributed by atoms with Crippen molar-refractivity contribution in [3.8, 4) is 0 Å². The minimum atomic E-state index is -4.19. The minimum absolute atomic E-state index is 0.279. The van der Waals surface area contributed by atoms with Gasteiger partial charge in [-0.25, -0.2) is 4.79 Å². The van der Waals surface area contributed by atoms with Crippen LogP contribution in [0.4, 0.5) is 0 Å². The van der Waals surface area contributed by atoms with E-state index in [4.69, 9.17) is 17.7 Å². The van der Waals surface area contributed by atoms with Crippen LogP contribution in [0.2, 0.25) is 0 Å². The second-order valence-corrected chi connectivity index (χ2v) is 5.55. The van der Waals surface area contributed by atoms with Gasteiger partial charge in [-0.1, -0.05) is 22.0 Å². The third-order valence-electron chi connectivity index (χ3n) is 1.34. The van der Waals surface area contributed by atoms with Crippen molar-refractivity contribution in [1.82, 2.24) is 0 Å². The van der Waals surface area contributed by atoms with E-state index in [1.54, 1.807) is 25.1 Å². The highest BCUT2D eigenvalue weighted by atomic mass is 79.9. The first-order chi connectivity index (χ1) is 7.74. The number of hydrogen-bond acceptors (Lipinski definition) is 4. The molecule has 0 saturated carbocycles. The molecule has 5 nitrogen and oxygen atoms in total. The average molecular weight is 346 g/mol. The van der Waals surface area contributed by atoms with Crippen LogP contribution in [-0.2, 0) is 14.1 Å². The van der Waals surface area contributed by atoms with E-state index in [1.165, 1.54) is 0 Å². The summed E-state index contributed by atoms with van der Waals surface area (Å²) < 4.78 is 30.9. The number of benzene rings is 1. The van der Waals surface area contributed by atoms with Crippen molar-refractivity contribution in [2.45, 2.75) is 6.92 Å². The van der Waals surface area contributed by atoms with Crippen molar-refractivity contribution < 1.29 is 22.5 Å². The maximum absolute atomic E-state index is 11.2. The summed E-state index contributed by atoms with van der Waals surface area (Å²) in [6, 6.07) is 7.12. The van der Waals surface area contributed by atoms with Crippen molar-refractivity contribution >= 4 is 41.9 Å². The number of carbonyl (C=O) groups excluding carboxylic acids is 1. The molecule has 17 heavy (non-hydrogen) atoms. The largest absolute Gasteiger partial charge is 0.462 e. The van der Waals surface area contributed by atoms with E-state index in [-0.39, 0.29) is 5.97 Å². The van der Waals surface area contributed by atoms with Gasteiger partial charge in [0.15, 0.2) is 0 Å². The van der Waals surface area contributed by atoms with E-state index < -0.39 is 9.33 Å². The lowest BCUT2D eigenvalue weighted by atomic mass is 10.2. The van der Waals surface area contributed by atoms with Crippen LogP contribution in [0.5, 0.6) is 0 Å². The van der Waals surface area contributed by atoms with Gasteiger partial charge in [-0.2, -0.15) is 8.42 Å². The molecule has 0 unspecified atom stereocenters. The predicted molar refractivity (Wildman–Crippen MR) is 67.5 cm³/mol. The van der Waals surface area contributed by atoms with Gasteiger partial charge in [0, 0.05) is 15.2 Å². The first-order valence-corrected chi connectivity index (χ1v) is 7.39. The molecule has 0 fully saturated rings. The SMILES string of the molecule is CCOC(=O)c1cccc(Br)c1.O=S(=O)(O)Cl. The summed E-state index contributed by atoms with van der Waals surface area (Å²) in [5.74, 6) is -0.279. The lowest BCUT2D eigenvalue weighted by Crippen LogP contribution is -2.03. The summed E-state index contributed by atoms with van der Waals surface area (Å²) in [6.07, 6.45) is 0. The van der Waals surface area contributed by atoms with Crippen molar-refractivity contribution in [2.75, 3.05) is 6.61 Å². The Kier molecular flexibility index (Phi) is 7.37. The lowest BCUT2D eigenvalue weighted by molar-refractivity contribution is 0.0526. The molecule has 0 aliphatic heterocycles. The Bertz CT molecular complexity index is 466. The number of rotatable bonds is 2. The Morgan fingerprint density at radius 1 is 1.53 bits per heavy atom. The maximum Gasteiger partial charge on any atom is 0.353 e. The molecule has 96 valence electrons. The third kappa shape index (κ3) is 10.3. The van der Waals surface area contributed by atoms with Crippen LogP contribution < -0.4 is 0 Å². The van der Waals surface area contributed by atoms with E-state index in [1.807, 2.05) is 6.07 Å². The van der Waals surface area contributed by atoms with E-state index in [0.29, 0.717) is 12.2 Å². The van der Waals surface area contributed by atoms with Crippen LogP contribution in [-0.4, -0.2) is 25.5 Å². The fourth-order valence-electron chi connectivity index (χ4n) is 0.830. The third-order valence-corrected chi connectivity index (χ3v) is 1.83. The van der Waals surface area contributed by atoms with Crippen LogP contribution in [0, 0.1) is 0 Å². The summed E-state index contributed by atoms with van der Waals surface area (Å²) in [5.41, 5.74) is 0.575. The van der Waals surface area contributed by atoms with Crippen LogP contribution in [0.1, 0.15) is 17.3 Å². The zero-order valence-electron chi connectivity index (χ0n) is 8.76. The number of esters is 1. The normalized spacial score (nSPS) is 10.1. The second-order valence-electron chi connectivity index (χ2n) is 2.64. The Hall–Kier alpha value is -0.630. The molecule has 0 saturated heterocycles. The van der Waals surface area contributed by atoms with Gasteiger partial charge in [-0.15, -0.1) is 0 Å². The number of carbonyl (C=O) groups is 1. The minimum Gasteiger partial charge on any atom is -0.462 e. The van der Waals surface area contributed by atoms with E-state index in [9.17, 15) is 4.79 Å². The molecule has 0 aliphatic rings. The van der Waals surface area contributed by atoms with Gasteiger partial charge in [-0.05, 0) is 25.1 Å². The molecule has 0 atom stereocenters. The fraction of sp³-hybridized carbons (Fsp3) is 0.222. The van der Waals surface area contributed by atoms with Gasteiger partial charge in [0.25, 0.3) is 0 Å². The van der Waals surface area contributed by atoms with Crippen molar-refractivity contribution in [3.05, 3.63) is 34.3 Å². The molecule has 1 rings (SSSR count). The van der Waals surface area contributed by atoms with Gasteiger partial charge in [0.1, 0.15) is 0 Å². The highest BCUT2D eigenvalue weighted by molar-refractivity contribution is 9.10. The van der Waals surface area contributed by atoms with Gasteiger partial charge < -0.3 is 4.74 Å². The summed E-state index contributed by atoms with van der Waals surface area (Å²) in [6.45, 7) is 2.20. The Morgan fingerprint density at radius 3 is 2.47 bits per heavy atom. The fourth-order valence-corrected chi connectivity index (χ4v) is 1.23. The molecular weight excluding hydrogens is 336 g/mol. The monoisotopic (exact) mass is 344 g/mol. The van der Waals surface area contributed by atoms with Gasteiger partial charge in [0.05, 0.1) is 12.2 Å². The summed E-state index contributed by atoms with van der Waals surface area (Å²) in [7, 11) is -0.137. The molecule has 1 N–H and O–H groups in total. The predicted octanol–water partition coefficient (Wildman–Crippen LogP) is 2.65. The van der Waals surface area contributed by atoms with Crippen LogP contribution >= 0.6 is 26.6 Å². The van der Waals surface area contributed by atoms with E-state index in [0.717, 1.165) is 4.47 Å². The molecule has 0 amide bonds. The molecule has 0 aliphatic carbocycles. The van der Waals surface area contributed by atoms with Crippen LogP contribution in [0.25, 0.3) is 0 Å². The van der Waals surface area contributed by atoms with Gasteiger partial charge in [-0.3, -0.25) is 4.55 Å². The molecule has 0 bridgehead atoms. The Balaban J connectivity index is 0.000000437. The van der Waals surface area contributed by atoms with Gasteiger partial charge in [0.2, 0.25) is 0 Å². The summed E-state index contributed by atoms with van der Waals surface area (Å²) in [4.78, 5) is 11.2. The Labute approximate surface area is 112 Å². The van der Waals surface area contributed by atoms with Crippen molar-refractivity contribution in [2.24, 2.45) is 0 Å². The van der Waals surface area contributed by atoms with Crippen molar-refractivity contribution in [3.63, 3.8) is 0 Å². The van der Waals surface area contributed by atoms with Crippen LogP contribution in [0.3, 0.4) is 0 Å². The smallest absolute Gasteiger partial charge is 0.353 e. The highest BCUT2D eigenvalue weighted by Crippen LogP contribution is 2.12. The first-order valence-electron chi connectivity index (χ1n) is 4.33. The number of hydrogen-bond donors (Lipinski definition) is 1. The molecule has 0 spiro atoms. The number of ether oxygens (including phenoxy) is 1. The average Bonchev–Trinajstić information content (AvgIpc) is 2.15. The molecule has 0 radical (unpaired) electrons. The standard InChI is InChI=1S/C9H9BrO2.ClHO3S/c1-2-12-9(11)7-4-3-5-8(10)6-7;1-5(2,3)4/h3-6H,2H2,1H3;(H,2,3,4). The molecular formula is C9H10BrClO5S. The van der Waals surface area contributed by atoms with Crippen LogP contribution in [0.15, 0.2) is 28.7 Å². The van der Waals surface area contributed by atoms with Gasteiger partial charge >= 0.3 is 15.3 Å². The molecule has 0 aromatic heterocycles. The maximum atomic E-state index is 11.2. The molecule has 0 heterocycles. The zero-order valence-corrected chi connectivity index (χ0v) is 11.9. The highest BCUT2D eigenvalue weighted by Gasteiger charge is 2.04. The molecule has 1 aromatic rings. The van der Waals surface area contributed by atoms with E-state index in [2.05, 4.69) is 26.6 Å². The second kappa shape index (κ2) is 7.65. The topological polar surface area (TPSA) is 80.7 Å². The molecule has 8 heteroatoms. The quantitative estimate of drug-likeness (QED) is 0.506. The van der Waals surface area contributed by atoms with E-state index >= 15 is 0 Å². The summed E-state index contributed by atoms with van der Waals surface area (Å²) >= 11 is 3.27.